The number of Topliss-reactive ketones (excluding diaryl/α,β-unsaturated/α-hetero) is 1. The maximum atomic E-state index is 12.3. The number of hydrogen-bond acceptors (Lipinski definition) is 5. The lowest BCUT2D eigenvalue weighted by Crippen LogP contribution is -2.13. The summed E-state index contributed by atoms with van der Waals surface area (Å²) < 4.78 is 6.82. The maximum absolute atomic E-state index is 12.3. The molecule has 106 valence electrons. The Morgan fingerprint density at radius 2 is 2.25 bits per heavy atom. The summed E-state index contributed by atoms with van der Waals surface area (Å²) in [6.45, 7) is 2.80. The fraction of sp³-hybridized carbons (Fsp3) is 0.357. The van der Waals surface area contributed by atoms with Gasteiger partial charge in [-0.2, -0.15) is 5.10 Å². The highest BCUT2D eigenvalue weighted by Crippen LogP contribution is 2.21. The van der Waals surface area contributed by atoms with Crippen LogP contribution in [-0.4, -0.2) is 27.7 Å². The van der Waals surface area contributed by atoms with Crippen LogP contribution in [0.1, 0.15) is 29.5 Å². The molecule has 0 saturated heterocycles. The van der Waals surface area contributed by atoms with E-state index < -0.39 is 0 Å². The van der Waals surface area contributed by atoms with Crippen LogP contribution >= 0.6 is 0 Å². The Morgan fingerprint density at radius 1 is 1.45 bits per heavy atom. The first-order valence-corrected chi connectivity index (χ1v) is 6.49. The summed E-state index contributed by atoms with van der Waals surface area (Å²) in [5.41, 5.74) is 6.78. The van der Waals surface area contributed by atoms with Crippen LogP contribution in [0.2, 0.25) is 0 Å². The molecule has 0 aliphatic heterocycles. The second kappa shape index (κ2) is 6.18. The number of hydrogen-bond donors (Lipinski definition) is 1. The first-order valence-electron chi connectivity index (χ1n) is 6.49. The minimum absolute atomic E-state index is 0.0736. The zero-order chi connectivity index (χ0) is 14.5. The quantitative estimate of drug-likeness (QED) is 0.640. The van der Waals surface area contributed by atoms with Crippen LogP contribution in [0, 0.1) is 0 Å². The van der Waals surface area contributed by atoms with Gasteiger partial charge < -0.3 is 10.5 Å². The molecule has 2 N–H and O–H groups in total. The molecule has 0 radical (unpaired) electrons. The van der Waals surface area contributed by atoms with Gasteiger partial charge in [0.1, 0.15) is 17.9 Å². The van der Waals surface area contributed by atoms with Crippen LogP contribution in [0.3, 0.4) is 0 Å². The van der Waals surface area contributed by atoms with Gasteiger partial charge in [-0.15, -0.1) is 0 Å². The predicted octanol–water partition coefficient (Wildman–Crippen LogP) is 1.70. The van der Waals surface area contributed by atoms with Gasteiger partial charge in [-0.05, 0) is 18.6 Å². The van der Waals surface area contributed by atoms with E-state index in [2.05, 4.69) is 17.0 Å². The molecule has 0 atom stereocenters. The number of carbonyl (C=O) groups excluding carboxylic acids is 1. The zero-order valence-electron chi connectivity index (χ0n) is 11.7. The van der Waals surface area contributed by atoms with Crippen LogP contribution in [0.15, 0.2) is 24.5 Å². The van der Waals surface area contributed by atoms with Crippen molar-refractivity contribution in [3.63, 3.8) is 0 Å². The number of carbonyl (C=O) groups is 1. The molecule has 0 unspecified atom stereocenters. The topological polar surface area (TPSA) is 83.0 Å². The normalized spacial score (nSPS) is 10.5. The number of ketones is 1. The molecule has 1 aromatic carbocycles. The number of nitrogen functional groups attached to an aromatic ring is 1. The van der Waals surface area contributed by atoms with Crippen LogP contribution in [0.25, 0.3) is 0 Å². The van der Waals surface area contributed by atoms with Crippen molar-refractivity contribution in [1.29, 1.82) is 0 Å². The van der Waals surface area contributed by atoms with Gasteiger partial charge in [-0.1, -0.05) is 6.92 Å². The number of anilines is 1. The SMILES string of the molecule is CCCn1ncnc1CC(=O)c1ccc(OC)cc1N. The Morgan fingerprint density at radius 3 is 2.90 bits per heavy atom. The van der Waals surface area contributed by atoms with Gasteiger partial charge in [0, 0.05) is 23.9 Å². The number of aromatic nitrogens is 3. The molecule has 6 nitrogen and oxygen atoms in total. The van der Waals surface area contributed by atoms with E-state index in [1.807, 2.05) is 0 Å². The summed E-state index contributed by atoms with van der Waals surface area (Å²) >= 11 is 0. The number of rotatable bonds is 6. The lowest BCUT2D eigenvalue weighted by Gasteiger charge is -2.07. The molecule has 1 heterocycles. The van der Waals surface area contributed by atoms with Crippen molar-refractivity contribution in [2.24, 2.45) is 0 Å². The van der Waals surface area contributed by atoms with Crippen molar-refractivity contribution in [1.82, 2.24) is 14.8 Å². The standard InChI is InChI=1S/C14H18N4O2/c1-3-6-18-14(16-9-17-18)8-13(19)11-5-4-10(20-2)7-12(11)15/h4-5,7,9H,3,6,8,15H2,1-2H3. The maximum Gasteiger partial charge on any atom is 0.172 e. The number of nitrogens with zero attached hydrogens (tertiary/aromatic N) is 3. The average Bonchev–Trinajstić information content (AvgIpc) is 2.86. The smallest absolute Gasteiger partial charge is 0.172 e. The van der Waals surface area contributed by atoms with E-state index in [0.29, 0.717) is 22.8 Å². The molecule has 0 aliphatic carbocycles. The molecular weight excluding hydrogens is 256 g/mol. The first kappa shape index (κ1) is 14.0. The van der Waals surface area contributed by atoms with Crippen LogP contribution in [0.5, 0.6) is 5.75 Å². The third-order valence-corrected chi connectivity index (χ3v) is 3.01. The van der Waals surface area contributed by atoms with E-state index in [9.17, 15) is 4.79 Å². The molecule has 2 rings (SSSR count). The van der Waals surface area contributed by atoms with Crippen molar-refractivity contribution >= 4 is 11.5 Å². The third kappa shape index (κ3) is 2.96. The third-order valence-electron chi connectivity index (χ3n) is 3.01. The Balaban J connectivity index is 2.17. The summed E-state index contributed by atoms with van der Waals surface area (Å²) in [5.74, 6) is 1.22. The van der Waals surface area contributed by atoms with E-state index in [1.165, 1.54) is 6.33 Å². The Kier molecular flexibility index (Phi) is 4.34. The van der Waals surface area contributed by atoms with Crippen molar-refractivity contribution in [3.05, 3.63) is 35.9 Å². The molecule has 0 spiro atoms. The van der Waals surface area contributed by atoms with Crippen LogP contribution < -0.4 is 10.5 Å². The largest absolute Gasteiger partial charge is 0.497 e. The highest BCUT2D eigenvalue weighted by Gasteiger charge is 2.14. The molecule has 1 aromatic heterocycles. The van der Waals surface area contributed by atoms with Crippen molar-refractivity contribution in [2.75, 3.05) is 12.8 Å². The monoisotopic (exact) mass is 274 g/mol. The fourth-order valence-corrected chi connectivity index (χ4v) is 1.98. The van der Waals surface area contributed by atoms with Crippen molar-refractivity contribution in [2.45, 2.75) is 26.3 Å². The summed E-state index contributed by atoms with van der Waals surface area (Å²) in [5, 5.41) is 4.10. The summed E-state index contributed by atoms with van der Waals surface area (Å²) in [6, 6.07) is 5.04. The molecule has 0 amide bonds. The minimum atomic E-state index is -0.0736. The van der Waals surface area contributed by atoms with E-state index in [1.54, 1.807) is 30.0 Å². The number of methoxy groups -OCH3 is 1. The Hall–Kier alpha value is -2.37. The first-order chi connectivity index (χ1) is 9.65. The molecular formula is C14H18N4O2. The number of ether oxygens (including phenoxy) is 1. The highest BCUT2D eigenvalue weighted by atomic mass is 16.5. The fourth-order valence-electron chi connectivity index (χ4n) is 1.98. The van der Waals surface area contributed by atoms with Gasteiger partial charge in [0.05, 0.1) is 13.5 Å². The lowest BCUT2D eigenvalue weighted by atomic mass is 10.1. The molecule has 20 heavy (non-hydrogen) atoms. The number of nitrogens with two attached hydrogens (primary N) is 1. The Bertz CT molecular complexity index is 607. The average molecular weight is 274 g/mol. The molecule has 6 heteroatoms. The number of benzene rings is 1. The van der Waals surface area contributed by atoms with Crippen LogP contribution in [-0.2, 0) is 13.0 Å². The van der Waals surface area contributed by atoms with E-state index in [4.69, 9.17) is 10.5 Å². The van der Waals surface area contributed by atoms with E-state index >= 15 is 0 Å². The van der Waals surface area contributed by atoms with Crippen LogP contribution in [0.4, 0.5) is 5.69 Å². The second-order valence-electron chi connectivity index (χ2n) is 4.45. The minimum Gasteiger partial charge on any atom is -0.497 e. The van der Waals surface area contributed by atoms with Gasteiger partial charge >= 0.3 is 0 Å². The summed E-state index contributed by atoms with van der Waals surface area (Å²) in [7, 11) is 1.56. The molecule has 0 bridgehead atoms. The summed E-state index contributed by atoms with van der Waals surface area (Å²) in [6.07, 6.45) is 2.60. The van der Waals surface area contributed by atoms with Gasteiger partial charge in [-0.3, -0.25) is 4.79 Å². The molecule has 0 saturated carbocycles. The van der Waals surface area contributed by atoms with Gasteiger partial charge in [0.2, 0.25) is 0 Å². The lowest BCUT2D eigenvalue weighted by molar-refractivity contribution is 0.0990. The molecule has 0 fully saturated rings. The number of aryl methyl sites for hydroxylation is 1. The predicted molar refractivity (Wildman–Crippen MR) is 75.8 cm³/mol. The Labute approximate surface area is 117 Å². The van der Waals surface area contributed by atoms with Crippen molar-refractivity contribution < 1.29 is 9.53 Å². The van der Waals surface area contributed by atoms with E-state index in [0.717, 1.165) is 13.0 Å². The van der Waals surface area contributed by atoms with E-state index in [-0.39, 0.29) is 12.2 Å². The highest BCUT2D eigenvalue weighted by molar-refractivity contribution is 6.01. The zero-order valence-corrected chi connectivity index (χ0v) is 11.7. The van der Waals surface area contributed by atoms with Gasteiger partial charge in [0.25, 0.3) is 0 Å². The molecule has 0 aliphatic rings. The molecule has 2 aromatic rings. The van der Waals surface area contributed by atoms with Crippen molar-refractivity contribution in [3.8, 4) is 5.75 Å². The summed E-state index contributed by atoms with van der Waals surface area (Å²) in [4.78, 5) is 16.4. The van der Waals surface area contributed by atoms with Gasteiger partial charge in [-0.25, -0.2) is 9.67 Å². The van der Waals surface area contributed by atoms with Gasteiger partial charge in [0.15, 0.2) is 5.78 Å². The second-order valence-corrected chi connectivity index (χ2v) is 4.45.